The van der Waals surface area contributed by atoms with Crippen LogP contribution in [0.15, 0.2) is 30.3 Å². The second-order valence-corrected chi connectivity index (χ2v) is 13.0. The fourth-order valence-corrected chi connectivity index (χ4v) is 8.42. The Bertz CT molecular complexity index is 994. The van der Waals surface area contributed by atoms with Crippen molar-refractivity contribution in [3.8, 4) is 11.1 Å². The molecule has 0 N–H and O–H groups in total. The SMILES string of the molecule is CCCCCC1([C@H]2C[C@H](C)CC[C@@H]2C(C)C)c2cc(CBr)ccc2-c2c(CBr)cc(CBr)cc21. The molecule has 0 spiro atoms. The molecule has 0 heterocycles. The van der Waals surface area contributed by atoms with Crippen LogP contribution >= 0.6 is 47.8 Å². The number of unbranched alkanes of at least 4 members (excludes halogenated alkanes) is 2. The molecule has 2 aromatic rings. The van der Waals surface area contributed by atoms with Gasteiger partial charge in [-0.1, -0.05) is 131 Å². The highest BCUT2D eigenvalue weighted by Crippen LogP contribution is 2.62. The number of halogens is 3. The fourth-order valence-electron chi connectivity index (χ4n) is 7.30. The first-order valence-corrected chi connectivity index (χ1v) is 16.8. The summed E-state index contributed by atoms with van der Waals surface area (Å²) in [6.45, 7) is 9.82. The van der Waals surface area contributed by atoms with Gasteiger partial charge in [-0.15, -0.1) is 0 Å². The van der Waals surface area contributed by atoms with E-state index in [1.54, 1.807) is 11.1 Å². The van der Waals surface area contributed by atoms with Crippen molar-refractivity contribution in [2.24, 2.45) is 23.7 Å². The summed E-state index contributed by atoms with van der Waals surface area (Å²) in [4.78, 5) is 0. The molecule has 4 atom stereocenters. The molecule has 1 unspecified atom stereocenters. The van der Waals surface area contributed by atoms with Gasteiger partial charge in [-0.3, -0.25) is 0 Å². The molecule has 0 amide bonds. The van der Waals surface area contributed by atoms with Crippen LogP contribution in [0.25, 0.3) is 11.1 Å². The van der Waals surface area contributed by atoms with Gasteiger partial charge in [-0.2, -0.15) is 0 Å². The number of fused-ring (bicyclic) bond motifs is 3. The number of hydrogen-bond acceptors (Lipinski definition) is 0. The first-order chi connectivity index (χ1) is 16.4. The average molecular weight is 653 g/mol. The number of alkyl halides is 3. The largest absolute Gasteiger partial charge is 0.0876 e. The maximum absolute atomic E-state index is 3.87. The number of rotatable bonds is 9. The quantitative estimate of drug-likeness (QED) is 0.187. The van der Waals surface area contributed by atoms with Gasteiger partial charge in [-0.25, -0.2) is 0 Å². The van der Waals surface area contributed by atoms with E-state index in [0.29, 0.717) is 5.92 Å². The summed E-state index contributed by atoms with van der Waals surface area (Å²) in [5.74, 6) is 3.02. The van der Waals surface area contributed by atoms with Gasteiger partial charge in [0.25, 0.3) is 0 Å². The van der Waals surface area contributed by atoms with E-state index in [1.165, 1.54) is 72.8 Å². The van der Waals surface area contributed by atoms with Crippen molar-refractivity contribution in [2.45, 2.75) is 94.0 Å². The van der Waals surface area contributed by atoms with Crippen LogP contribution in [0.3, 0.4) is 0 Å². The Kier molecular flexibility index (Phi) is 9.12. The molecule has 0 nitrogen and oxygen atoms in total. The van der Waals surface area contributed by atoms with E-state index < -0.39 is 0 Å². The smallest absolute Gasteiger partial charge is 0.0289 e. The third-order valence-corrected chi connectivity index (χ3v) is 10.8. The van der Waals surface area contributed by atoms with Crippen LogP contribution in [0.4, 0.5) is 0 Å². The Balaban J connectivity index is 2.05. The van der Waals surface area contributed by atoms with E-state index >= 15 is 0 Å². The molecular weight excluding hydrogens is 612 g/mol. The summed E-state index contributed by atoms with van der Waals surface area (Å²) in [7, 11) is 0. The van der Waals surface area contributed by atoms with Crippen molar-refractivity contribution in [2.75, 3.05) is 0 Å². The Morgan fingerprint density at radius 2 is 1.65 bits per heavy atom. The van der Waals surface area contributed by atoms with Gasteiger partial charge < -0.3 is 0 Å². The second-order valence-electron chi connectivity index (χ2n) is 11.3. The monoisotopic (exact) mass is 650 g/mol. The minimum absolute atomic E-state index is 0.122. The van der Waals surface area contributed by atoms with Gasteiger partial charge in [0.2, 0.25) is 0 Å². The van der Waals surface area contributed by atoms with Crippen LogP contribution in [0.2, 0.25) is 0 Å². The standard InChI is InChI=1S/C31H41Br3/c1-5-6-7-12-31(27-13-21(4)8-10-25(27)20(2)3)28-15-22(17-32)9-11-26(28)30-24(19-34)14-23(18-33)16-29(30)31/h9,11,14-16,20-21,25,27H,5-8,10,12-13,17-19H2,1-4H3/t21-,25-,27+,31?/m1/s1. The highest BCUT2D eigenvalue weighted by atomic mass is 79.9. The van der Waals surface area contributed by atoms with Crippen molar-refractivity contribution in [1.82, 2.24) is 0 Å². The van der Waals surface area contributed by atoms with Gasteiger partial charge in [0.05, 0.1) is 0 Å². The molecule has 0 saturated heterocycles. The molecule has 1 saturated carbocycles. The third-order valence-electron chi connectivity index (χ3n) is 8.88. The molecule has 0 aromatic heterocycles. The van der Waals surface area contributed by atoms with E-state index in [0.717, 1.165) is 33.7 Å². The zero-order valence-corrected chi connectivity index (χ0v) is 26.2. The van der Waals surface area contributed by atoms with Gasteiger partial charge in [-0.05, 0) is 81.9 Å². The van der Waals surface area contributed by atoms with Crippen LogP contribution in [0, 0.1) is 23.7 Å². The lowest BCUT2D eigenvalue weighted by molar-refractivity contribution is 0.0826. The van der Waals surface area contributed by atoms with E-state index in [9.17, 15) is 0 Å². The lowest BCUT2D eigenvalue weighted by Gasteiger charge is -2.49. The van der Waals surface area contributed by atoms with Crippen molar-refractivity contribution >= 4 is 47.8 Å². The molecule has 3 heteroatoms. The molecule has 2 aliphatic rings. The predicted octanol–water partition coefficient (Wildman–Crippen LogP) is 10.9. The normalized spacial score (nSPS) is 26.1. The summed E-state index contributed by atoms with van der Waals surface area (Å²) in [6.07, 6.45) is 9.31. The van der Waals surface area contributed by atoms with Gasteiger partial charge in [0.1, 0.15) is 0 Å². The predicted molar refractivity (Wildman–Crippen MR) is 160 cm³/mol. The Morgan fingerprint density at radius 3 is 2.29 bits per heavy atom. The minimum Gasteiger partial charge on any atom is -0.0876 e. The second kappa shape index (κ2) is 11.5. The summed E-state index contributed by atoms with van der Waals surface area (Å²) >= 11 is 11.5. The summed E-state index contributed by atoms with van der Waals surface area (Å²) in [6, 6.07) is 12.4. The molecule has 0 bridgehead atoms. The molecule has 2 aliphatic carbocycles. The van der Waals surface area contributed by atoms with Crippen LogP contribution in [0.1, 0.15) is 100 Å². The van der Waals surface area contributed by atoms with Crippen LogP contribution < -0.4 is 0 Å². The summed E-state index contributed by atoms with van der Waals surface area (Å²) < 4.78 is 0. The first kappa shape index (κ1) is 26.9. The average Bonchev–Trinajstić information content (AvgIpc) is 3.13. The lowest BCUT2D eigenvalue weighted by Crippen LogP contribution is -2.44. The molecule has 0 radical (unpaired) electrons. The molecular formula is C31H41Br3. The van der Waals surface area contributed by atoms with Gasteiger partial charge in [0.15, 0.2) is 0 Å². The fraction of sp³-hybridized carbons (Fsp3) is 0.613. The number of benzene rings is 2. The van der Waals surface area contributed by atoms with Gasteiger partial charge >= 0.3 is 0 Å². The number of hydrogen-bond donors (Lipinski definition) is 0. The third kappa shape index (κ3) is 4.76. The summed E-state index contributed by atoms with van der Waals surface area (Å²) in [5.41, 5.74) is 10.7. The van der Waals surface area contributed by atoms with Crippen molar-refractivity contribution in [3.05, 3.63) is 58.1 Å². The topological polar surface area (TPSA) is 0 Å². The minimum atomic E-state index is 0.122. The Labute approximate surface area is 233 Å². The molecule has 2 aromatic carbocycles. The zero-order valence-electron chi connectivity index (χ0n) is 21.4. The highest BCUT2D eigenvalue weighted by molar-refractivity contribution is 9.09. The molecule has 1 fully saturated rings. The van der Waals surface area contributed by atoms with E-state index in [1.807, 2.05) is 0 Å². The van der Waals surface area contributed by atoms with Crippen molar-refractivity contribution in [3.63, 3.8) is 0 Å². The van der Waals surface area contributed by atoms with E-state index in [4.69, 9.17) is 0 Å². The molecule has 4 rings (SSSR count). The Morgan fingerprint density at radius 1 is 0.912 bits per heavy atom. The molecule has 34 heavy (non-hydrogen) atoms. The maximum atomic E-state index is 3.87. The van der Waals surface area contributed by atoms with Crippen LogP contribution in [0.5, 0.6) is 0 Å². The van der Waals surface area contributed by atoms with Crippen molar-refractivity contribution < 1.29 is 0 Å². The maximum Gasteiger partial charge on any atom is 0.0289 e. The zero-order chi connectivity index (χ0) is 24.5. The first-order valence-electron chi connectivity index (χ1n) is 13.4. The Hall–Kier alpha value is -0.120. The van der Waals surface area contributed by atoms with Crippen LogP contribution in [-0.2, 0) is 21.4 Å². The van der Waals surface area contributed by atoms with Crippen LogP contribution in [-0.4, -0.2) is 0 Å². The molecule has 186 valence electrons. The highest BCUT2D eigenvalue weighted by Gasteiger charge is 2.52. The molecule has 0 aliphatic heterocycles. The van der Waals surface area contributed by atoms with Gasteiger partial charge in [0, 0.05) is 21.4 Å². The van der Waals surface area contributed by atoms with Crippen molar-refractivity contribution in [1.29, 1.82) is 0 Å². The van der Waals surface area contributed by atoms with E-state index in [-0.39, 0.29) is 5.41 Å². The van der Waals surface area contributed by atoms with E-state index in [2.05, 4.69) is 106 Å². The summed E-state index contributed by atoms with van der Waals surface area (Å²) in [5, 5.41) is 2.76. The lowest BCUT2D eigenvalue weighted by atomic mass is 9.54.